The van der Waals surface area contributed by atoms with Gasteiger partial charge in [0.05, 0.1) is 0 Å². The predicted octanol–water partition coefficient (Wildman–Crippen LogP) is 3.34. The van der Waals surface area contributed by atoms with Gasteiger partial charge >= 0.3 is 0 Å². The Morgan fingerprint density at radius 1 is 1.31 bits per heavy atom. The van der Waals surface area contributed by atoms with Crippen molar-refractivity contribution in [3.05, 3.63) is 35.2 Å². The van der Waals surface area contributed by atoms with Gasteiger partial charge < -0.3 is 5.73 Å². The maximum Gasteiger partial charge on any atom is 0.0346 e. The van der Waals surface area contributed by atoms with Crippen LogP contribution in [-0.2, 0) is 0 Å². The molecule has 1 atom stereocenters. The highest BCUT2D eigenvalue weighted by Gasteiger charge is 2.05. The first-order valence-electron chi connectivity index (χ1n) is 4.01. The second-order valence-corrected chi connectivity index (χ2v) is 3.89. The number of thiophene rings is 1. The first kappa shape index (κ1) is 10.5. The summed E-state index contributed by atoms with van der Waals surface area (Å²) in [4.78, 5) is 0. The van der Waals surface area contributed by atoms with E-state index in [9.17, 15) is 0 Å². The summed E-state index contributed by atoms with van der Waals surface area (Å²) in [5, 5.41) is 3.45. The molecule has 1 nitrogen and oxygen atoms in total. The Morgan fingerprint density at radius 3 is 2.69 bits per heavy atom. The van der Waals surface area contributed by atoms with Crippen LogP contribution in [0.3, 0.4) is 0 Å². The summed E-state index contributed by atoms with van der Waals surface area (Å²) in [5.74, 6) is 0. The maximum atomic E-state index is 5.83. The van der Waals surface area contributed by atoms with Crippen molar-refractivity contribution >= 4 is 33.8 Å². The van der Waals surface area contributed by atoms with Gasteiger partial charge in [0.2, 0.25) is 0 Å². The lowest BCUT2D eigenvalue weighted by molar-refractivity contribution is 0.830. The number of fused-ring (bicyclic) bond motifs is 1. The van der Waals surface area contributed by atoms with Crippen molar-refractivity contribution in [1.29, 1.82) is 0 Å². The first-order chi connectivity index (χ1) is 5.79. The van der Waals surface area contributed by atoms with E-state index >= 15 is 0 Å². The van der Waals surface area contributed by atoms with Crippen molar-refractivity contribution in [2.75, 3.05) is 0 Å². The first-order valence-corrected chi connectivity index (χ1v) is 4.88. The average molecular weight is 214 g/mol. The fourth-order valence-electron chi connectivity index (χ4n) is 1.35. The number of hydrogen-bond acceptors (Lipinski definition) is 2. The Balaban J connectivity index is 0.000000845. The summed E-state index contributed by atoms with van der Waals surface area (Å²) >= 11 is 1.76. The van der Waals surface area contributed by atoms with Gasteiger partial charge in [-0.2, -0.15) is 0 Å². The van der Waals surface area contributed by atoms with E-state index in [0.717, 1.165) is 0 Å². The highest BCUT2D eigenvalue weighted by atomic mass is 35.5. The van der Waals surface area contributed by atoms with Crippen LogP contribution >= 0.6 is 23.7 Å². The molecule has 0 fully saturated rings. The molecule has 0 saturated heterocycles. The predicted molar refractivity (Wildman–Crippen MR) is 61.7 cm³/mol. The molecule has 1 aromatic heterocycles. The van der Waals surface area contributed by atoms with E-state index in [1.807, 2.05) is 6.92 Å². The molecule has 1 heterocycles. The monoisotopic (exact) mass is 213 g/mol. The van der Waals surface area contributed by atoms with E-state index in [-0.39, 0.29) is 18.4 Å². The van der Waals surface area contributed by atoms with Crippen LogP contribution in [0.5, 0.6) is 0 Å². The van der Waals surface area contributed by atoms with E-state index in [4.69, 9.17) is 5.73 Å². The number of benzene rings is 1. The fourth-order valence-corrected chi connectivity index (χ4v) is 2.42. The number of nitrogens with two attached hydrogens (primary N) is 1. The van der Waals surface area contributed by atoms with E-state index in [2.05, 4.69) is 29.6 Å². The topological polar surface area (TPSA) is 26.0 Å². The molecule has 1 aromatic carbocycles. The van der Waals surface area contributed by atoms with Crippen LogP contribution in [0.25, 0.3) is 10.1 Å². The van der Waals surface area contributed by atoms with Crippen LogP contribution in [0.4, 0.5) is 0 Å². The molecule has 13 heavy (non-hydrogen) atoms. The Morgan fingerprint density at radius 2 is 2.00 bits per heavy atom. The minimum Gasteiger partial charge on any atom is -0.324 e. The molecule has 1 unspecified atom stereocenters. The Bertz CT molecular complexity index is 394. The largest absolute Gasteiger partial charge is 0.324 e. The molecule has 0 spiro atoms. The van der Waals surface area contributed by atoms with Gasteiger partial charge in [0.1, 0.15) is 0 Å². The van der Waals surface area contributed by atoms with Gasteiger partial charge in [-0.05, 0) is 29.3 Å². The smallest absolute Gasteiger partial charge is 0.0346 e. The molecule has 0 bridgehead atoms. The molecule has 2 N–H and O–H groups in total. The van der Waals surface area contributed by atoms with Crippen LogP contribution < -0.4 is 5.73 Å². The zero-order valence-corrected chi connectivity index (χ0v) is 8.99. The van der Waals surface area contributed by atoms with Gasteiger partial charge in [-0.1, -0.05) is 18.2 Å². The van der Waals surface area contributed by atoms with Crippen LogP contribution in [0.15, 0.2) is 29.6 Å². The van der Waals surface area contributed by atoms with E-state index in [0.29, 0.717) is 0 Å². The van der Waals surface area contributed by atoms with Crippen molar-refractivity contribution in [1.82, 2.24) is 0 Å². The molecule has 0 radical (unpaired) electrons. The summed E-state index contributed by atoms with van der Waals surface area (Å²) in [7, 11) is 0. The van der Waals surface area contributed by atoms with E-state index in [1.165, 1.54) is 15.6 Å². The molecular weight excluding hydrogens is 202 g/mol. The molecule has 0 amide bonds. The highest BCUT2D eigenvalue weighted by molar-refractivity contribution is 7.17. The second-order valence-electron chi connectivity index (χ2n) is 2.98. The summed E-state index contributed by atoms with van der Waals surface area (Å²) in [5.41, 5.74) is 7.09. The van der Waals surface area contributed by atoms with Crippen molar-refractivity contribution < 1.29 is 0 Å². The van der Waals surface area contributed by atoms with Crippen LogP contribution in [0.1, 0.15) is 18.5 Å². The zero-order valence-electron chi connectivity index (χ0n) is 7.36. The summed E-state index contributed by atoms with van der Waals surface area (Å²) in [6.07, 6.45) is 0. The molecule has 70 valence electrons. The molecular formula is C10H12ClNS. The summed E-state index contributed by atoms with van der Waals surface area (Å²) in [6.45, 7) is 2.02. The van der Waals surface area contributed by atoms with Crippen molar-refractivity contribution in [2.24, 2.45) is 5.73 Å². The Labute approximate surface area is 88.0 Å². The molecule has 0 aliphatic carbocycles. The van der Waals surface area contributed by atoms with Crippen molar-refractivity contribution in [3.8, 4) is 0 Å². The quantitative estimate of drug-likeness (QED) is 0.773. The van der Waals surface area contributed by atoms with Gasteiger partial charge in [0, 0.05) is 10.7 Å². The van der Waals surface area contributed by atoms with E-state index in [1.54, 1.807) is 11.3 Å². The molecule has 0 aliphatic heterocycles. The number of halogens is 1. The lowest BCUT2D eigenvalue weighted by Gasteiger charge is -2.01. The van der Waals surface area contributed by atoms with Gasteiger partial charge in [-0.3, -0.25) is 0 Å². The minimum absolute atomic E-state index is 0. The Hall–Kier alpha value is -0.570. The highest BCUT2D eigenvalue weighted by Crippen LogP contribution is 2.28. The third-order valence-electron chi connectivity index (χ3n) is 2.00. The number of hydrogen-bond donors (Lipinski definition) is 1. The summed E-state index contributed by atoms with van der Waals surface area (Å²) in [6, 6.07) is 8.52. The lowest BCUT2D eigenvalue weighted by atomic mass is 10.1. The standard InChI is InChI=1S/C10H11NS.ClH/c1-7(11)9-6-12-10-5-3-2-4-8(9)10;/h2-7H,11H2,1H3;1H. The zero-order chi connectivity index (χ0) is 8.55. The van der Waals surface area contributed by atoms with Gasteiger partial charge in [0.15, 0.2) is 0 Å². The van der Waals surface area contributed by atoms with Gasteiger partial charge in [-0.25, -0.2) is 0 Å². The van der Waals surface area contributed by atoms with Crippen LogP contribution in [-0.4, -0.2) is 0 Å². The molecule has 0 aliphatic rings. The molecule has 2 aromatic rings. The molecule has 2 rings (SSSR count). The van der Waals surface area contributed by atoms with Crippen molar-refractivity contribution in [3.63, 3.8) is 0 Å². The van der Waals surface area contributed by atoms with Crippen LogP contribution in [0.2, 0.25) is 0 Å². The van der Waals surface area contributed by atoms with Crippen LogP contribution in [0, 0.1) is 0 Å². The molecule has 3 heteroatoms. The summed E-state index contributed by atoms with van der Waals surface area (Å²) < 4.78 is 1.32. The molecule has 0 saturated carbocycles. The van der Waals surface area contributed by atoms with Gasteiger partial charge in [0.25, 0.3) is 0 Å². The number of rotatable bonds is 1. The minimum atomic E-state index is 0. The second kappa shape index (κ2) is 4.09. The third-order valence-corrected chi connectivity index (χ3v) is 2.98. The normalized spacial score (nSPS) is 12.5. The third kappa shape index (κ3) is 1.85. The lowest BCUT2D eigenvalue weighted by Crippen LogP contribution is -2.03. The van der Waals surface area contributed by atoms with Gasteiger partial charge in [-0.15, -0.1) is 23.7 Å². The average Bonchev–Trinajstić information content (AvgIpc) is 2.47. The Kier molecular flexibility index (Phi) is 3.31. The maximum absolute atomic E-state index is 5.83. The SMILES string of the molecule is CC(N)c1csc2ccccc12.Cl. The van der Waals surface area contributed by atoms with E-state index < -0.39 is 0 Å². The van der Waals surface area contributed by atoms with Crippen molar-refractivity contribution in [2.45, 2.75) is 13.0 Å². The fraction of sp³-hybridized carbons (Fsp3) is 0.200.